The second-order valence-corrected chi connectivity index (χ2v) is 5.84. The molecule has 0 spiro atoms. The van der Waals surface area contributed by atoms with E-state index in [9.17, 15) is 4.79 Å². The lowest BCUT2D eigenvalue weighted by molar-refractivity contribution is -0.121. The summed E-state index contributed by atoms with van der Waals surface area (Å²) in [5.74, 6) is 3.04. The first kappa shape index (κ1) is 13.3. The SMILES string of the molecule is COc1ccc(NC(=O)[C@H]2C[C@H]3CC[C@@H]2C3)cc1OC. The summed E-state index contributed by atoms with van der Waals surface area (Å²) in [6, 6.07) is 5.48. The number of benzene rings is 1. The minimum absolute atomic E-state index is 0.157. The summed E-state index contributed by atoms with van der Waals surface area (Å²) in [5.41, 5.74) is 0.774. The summed E-state index contributed by atoms with van der Waals surface area (Å²) in [4.78, 5) is 12.4. The molecule has 3 atom stereocenters. The number of methoxy groups -OCH3 is 2. The number of fused-ring (bicyclic) bond motifs is 2. The number of amides is 1. The Labute approximate surface area is 119 Å². The summed E-state index contributed by atoms with van der Waals surface area (Å²) in [6.07, 6.45) is 4.83. The highest BCUT2D eigenvalue weighted by Gasteiger charge is 2.43. The van der Waals surface area contributed by atoms with Gasteiger partial charge in [-0.25, -0.2) is 0 Å². The maximum atomic E-state index is 12.4. The molecule has 2 aliphatic carbocycles. The van der Waals surface area contributed by atoms with Crippen LogP contribution in [0.5, 0.6) is 11.5 Å². The third-order valence-electron chi connectivity index (χ3n) is 4.73. The molecule has 0 unspecified atom stereocenters. The molecule has 0 heterocycles. The molecule has 0 saturated heterocycles. The van der Waals surface area contributed by atoms with E-state index in [1.54, 1.807) is 14.2 Å². The molecule has 0 aromatic heterocycles. The van der Waals surface area contributed by atoms with Crippen LogP contribution in [0, 0.1) is 17.8 Å². The summed E-state index contributed by atoms with van der Waals surface area (Å²) in [6.45, 7) is 0. The van der Waals surface area contributed by atoms with Gasteiger partial charge in [0.15, 0.2) is 11.5 Å². The van der Waals surface area contributed by atoms with E-state index in [0.717, 1.165) is 18.0 Å². The van der Waals surface area contributed by atoms with E-state index in [-0.39, 0.29) is 11.8 Å². The van der Waals surface area contributed by atoms with E-state index in [1.807, 2.05) is 18.2 Å². The maximum Gasteiger partial charge on any atom is 0.227 e. The van der Waals surface area contributed by atoms with Crippen molar-refractivity contribution in [2.75, 3.05) is 19.5 Å². The highest BCUT2D eigenvalue weighted by atomic mass is 16.5. The number of carbonyl (C=O) groups is 1. The Bertz CT molecular complexity index is 514. The van der Waals surface area contributed by atoms with Crippen LogP contribution in [0.2, 0.25) is 0 Å². The zero-order valence-corrected chi connectivity index (χ0v) is 12.0. The highest BCUT2D eigenvalue weighted by Crippen LogP contribution is 2.48. The summed E-state index contributed by atoms with van der Waals surface area (Å²) in [7, 11) is 3.20. The number of nitrogens with one attached hydrogen (secondary N) is 1. The Morgan fingerprint density at radius 2 is 1.95 bits per heavy atom. The zero-order valence-electron chi connectivity index (χ0n) is 12.0. The van der Waals surface area contributed by atoms with Crippen molar-refractivity contribution in [1.29, 1.82) is 0 Å². The van der Waals surface area contributed by atoms with Crippen molar-refractivity contribution in [1.82, 2.24) is 0 Å². The first-order valence-corrected chi connectivity index (χ1v) is 7.24. The number of anilines is 1. The zero-order chi connectivity index (χ0) is 14.1. The molecular formula is C16H21NO3. The standard InChI is InChI=1S/C16H21NO3/c1-19-14-6-5-12(9-15(14)20-2)17-16(18)13-8-10-3-4-11(13)7-10/h5-6,9-11,13H,3-4,7-8H2,1-2H3,(H,17,18)/t10-,11+,13-/m0/s1. The number of carbonyl (C=O) groups excluding carboxylic acids is 1. The van der Waals surface area contributed by atoms with Crippen LogP contribution in [0.1, 0.15) is 25.7 Å². The van der Waals surface area contributed by atoms with E-state index < -0.39 is 0 Å². The van der Waals surface area contributed by atoms with E-state index in [4.69, 9.17) is 9.47 Å². The van der Waals surface area contributed by atoms with Crippen molar-refractivity contribution in [2.45, 2.75) is 25.7 Å². The first-order valence-electron chi connectivity index (χ1n) is 7.24. The monoisotopic (exact) mass is 275 g/mol. The largest absolute Gasteiger partial charge is 0.493 e. The molecule has 1 N–H and O–H groups in total. The molecule has 3 rings (SSSR count). The predicted octanol–water partition coefficient (Wildman–Crippen LogP) is 3.08. The van der Waals surface area contributed by atoms with E-state index in [0.29, 0.717) is 17.4 Å². The van der Waals surface area contributed by atoms with Crippen LogP contribution in [-0.2, 0) is 4.79 Å². The van der Waals surface area contributed by atoms with Crippen molar-refractivity contribution in [3.8, 4) is 11.5 Å². The molecule has 2 fully saturated rings. The molecule has 0 radical (unpaired) electrons. The van der Waals surface area contributed by atoms with Crippen molar-refractivity contribution in [3.63, 3.8) is 0 Å². The van der Waals surface area contributed by atoms with Crippen molar-refractivity contribution in [2.24, 2.45) is 17.8 Å². The molecule has 108 valence electrons. The van der Waals surface area contributed by atoms with Crippen LogP contribution in [0.3, 0.4) is 0 Å². The molecule has 4 nitrogen and oxygen atoms in total. The molecule has 2 saturated carbocycles. The molecule has 2 bridgehead atoms. The lowest BCUT2D eigenvalue weighted by Gasteiger charge is -2.21. The Balaban J connectivity index is 1.70. The van der Waals surface area contributed by atoms with Crippen LogP contribution in [-0.4, -0.2) is 20.1 Å². The van der Waals surface area contributed by atoms with Crippen LogP contribution in [0.25, 0.3) is 0 Å². The second-order valence-electron chi connectivity index (χ2n) is 5.84. The van der Waals surface area contributed by atoms with Crippen molar-refractivity contribution in [3.05, 3.63) is 18.2 Å². The van der Waals surface area contributed by atoms with E-state index in [2.05, 4.69) is 5.32 Å². The Morgan fingerprint density at radius 3 is 2.55 bits per heavy atom. The van der Waals surface area contributed by atoms with E-state index >= 15 is 0 Å². The number of rotatable bonds is 4. The molecule has 1 aromatic rings. The minimum atomic E-state index is 0.157. The van der Waals surface area contributed by atoms with Gasteiger partial charge in [-0.15, -0.1) is 0 Å². The van der Waals surface area contributed by atoms with Crippen molar-refractivity contribution < 1.29 is 14.3 Å². The van der Waals surface area contributed by atoms with Gasteiger partial charge in [-0.2, -0.15) is 0 Å². The van der Waals surface area contributed by atoms with Gasteiger partial charge in [0.05, 0.1) is 14.2 Å². The Hall–Kier alpha value is -1.71. The summed E-state index contributed by atoms with van der Waals surface area (Å²) in [5, 5.41) is 3.02. The van der Waals surface area contributed by atoms with Crippen molar-refractivity contribution >= 4 is 11.6 Å². The van der Waals surface area contributed by atoms with Gasteiger partial charge in [-0.3, -0.25) is 4.79 Å². The smallest absolute Gasteiger partial charge is 0.227 e. The van der Waals surface area contributed by atoms with Gasteiger partial charge in [-0.05, 0) is 43.2 Å². The fraction of sp³-hybridized carbons (Fsp3) is 0.562. The third kappa shape index (κ3) is 2.35. The second kappa shape index (κ2) is 5.35. The molecule has 1 aromatic carbocycles. The fourth-order valence-corrected chi connectivity index (χ4v) is 3.71. The van der Waals surface area contributed by atoms with Crippen LogP contribution in [0.4, 0.5) is 5.69 Å². The average Bonchev–Trinajstić information content (AvgIpc) is 3.09. The van der Waals surface area contributed by atoms with Gasteiger partial charge in [0.25, 0.3) is 0 Å². The lowest BCUT2D eigenvalue weighted by Crippen LogP contribution is -2.27. The van der Waals surface area contributed by atoms with Crippen LogP contribution >= 0.6 is 0 Å². The van der Waals surface area contributed by atoms with Gasteiger partial charge in [0, 0.05) is 17.7 Å². The van der Waals surface area contributed by atoms with E-state index in [1.165, 1.54) is 19.3 Å². The minimum Gasteiger partial charge on any atom is -0.493 e. The predicted molar refractivity (Wildman–Crippen MR) is 77.1 cm³/mol. The summed E-state index contributed by atoms with van der Waals surface area (Å²) >= 11 is 0. The average molecular weight is 275 g/mol. The Kier molecular flexibility index (Phi) is 3.55. The molecule has 2 aliphatic rings. The quantitative estimate of drug-likeness (QED) is 0.918. The lowest BCUT2D eigenvalue weighted by atomic mass is 9.88. The maximum absolute atomic E-state index is 12.4. The van der Waals surface area contributed by atoms with Gasteiger partial charge >= 0.3 is 0 Å². The normalized spacial score (nSPS) is 27.4. The van der Waals surface area contributed by atoms with Gasteiger partial charge in [0.2, 0.25) is 5.91 Å². The van der Waals surface area contributed by atoms with Crippen LogP contribution < -0.4 is 14.8 Å². The number of ether oxygens (including phenoxy) is 2. The van der Waals surface area contributed by atoms with Gasteiger partial charge in [-0.1, -0.05) is 6.42 Å². The Morgan fingerprint density at radius 1 is 1.15 bits per heavy atom. The molecule has 1 amide bonds. The summed E-state index contributed by atoms with van der Waals surface area (Å²) < 4.78 is 10.5. The highest BCUT2D eigenvalue weighted by molar-refractivity contribution is 5.93. The van der Waals surface area contributed by atoms with Gasteiger partial charge < -0.3 is 14.8 Å². The third-order valence-corrected chi connectivity index (χ3v) is 4.73. The van der Waals surface area contributed by atoms with Gasteiger partial charge in [0.1, 0.15) is 0 Å². The first-order chi connectivity index (χ1) is 9.71. The number of hydrogen-bond acceptors (Lipinski definition) is 3. The van der Waals surface area contributed by atoms with Crippen LogP contribution in [0.15, 0.2) is 18.2 Å². The number of hydrogen-bond donors (Lipinski definition) is 1. The molecule has 20 heavy (non-hydrogen) atoms. The fourth-order valence-electron chi connectivity index (χ4n) is 3.71. The molecular weight excluding hydrogens is 254 g/mol. The molecule has 0 aliphatic heterocycles. The topological polar surface area (TPSA) is 47.6 Å². The molecule has 4 heteroatoms.